The third-order valence-electron chi connectivity index (χ3n) is 4.41. The Kier molecular flexibility index (Phi) is 5.48. The quantitative estimate of drug-likeness (QED) is 0.876. The standard InChI is InChI=1S/C18H24N4OS/c1-13-16(18(19-2)24-21-13)17(23)20-15-9-6-10-22(12-15)11-14-7-4-3-5-8-14/h3-5,7-8,15,19H,6,9-12H2,1-2H3,(H,20,23)/t15-/m1/s1. The van der Waals surface area contributed by atoms with Gasteiger partial charge >= 0.3 is 0 Å². The summed E-state index contributed by atoms with van der Waals surface area (Å²) in [6, 6.07) is 10.7. The first kappa shape index (κ1) is 16.9. The van der Waals surface area contributed by atoms with Gasteiger partial charge < -0.3 is 10.6 Å². The minimum absolute atomic E-state index is 0.0165. The Morgan fingerprint density at radius 2 is 2.17 bits per heavy atom. The number of nitrogens with zero attached hydrogens (tertiary/aromatic N) is 2. The number of hydrogen-bond donors (Lipinski definition) is 2. The highest BCUT2D eigenvalue weighted by Gasteiger charge is 2.24. The van der Waals surface area contributed by atoms with Crippen LogP contribution in [0.1, 0.15) is 34.5 Å². The molecule has 1 aliphatic heterocycles. The molecule has 1 aromatic heterocycles. The summed E-state index contributed by atoms with van der Waals surface area (Å²) in [5, 5.41) is 7.09. The lowest BCUT2D eigenvalue weighted by molar-refractivity contribution is 0.0901. The summed E-state index contributed by atoms with van der Waals surface area (Å²) in [4.78, 5) is 15.1. The van der Waals surface area contributed by atoms with E-state index >= 15 is 0 Å². The van der Waals surface area contributed by atoms with E-state index in [0.29, 0.717) is 5.56 Å². The number of nitrogens with one attached hydrogen (secondary N) is 2. The maximum Gasteiger partial charge on any atom is 0.256 e. The van der Waals surface area contributed by atoms with Crippen molar-refractivity contribution in [3.63, 3.8) is 0 Å². The molecule has 0 spiro atoms. The molecule has 1 aliphatic rings. The molecule has 128 valence electrons. The predicted octanol–water partition coefficient (Wildman–Crippen LogP) is 2.89. The van der Waals surface area contributed by atoms with Crippen LogP contribution >= 0.6 is 11.5 Å². The lowest BCUT2D eigenvalue weighted by Gasteiger charge is -2.33. The smallest absolute Gasteiger partial charge is 0.256 e. The van der Waals surface area contributed by atoms with Crippen LogP contribution in [0, 0.1) is 6.92 Å². The van der Waals surface area contributed by atoms with E-state index in [0.717, 1.165) is 43.2 Å². The molecule has 2 N–H and O–H groups in total. The van der Waals surface area contributed by atoms with Gasteiger partial charge in [0.05, 0.1) is 11.3 Å². The van der Waals surface area contributed by atoms with Gasteiger partial charge in [-0.3, -0.25) is 9.69 Å². The van der Waals surface area contributed by atoms with Crippen LogP contribution in [0.2, 0.25) is 0 Å². The molecule has 1 saturated heterocycles. The Hall–Kier alpha value is -1.92. The first-order valence-electron chi connectivity index (χ1n) is 8.38. The van der Waals surface area contributed by atoms with Gasteiger partial charge in [-0.05, 0) is 43.4 Å². The van der Waals surface area contributed by atoms with Gasteiger partial charge in [0.2, 0.25) is 0 Å². The van der Waals surface area contributed by atoms with Crippen LogP contribution in [0.25, 0.3) is 0 Å². The molecule has 24 heavy (non-hydrogen) atoms. The highest BCUT2D eigenvalue weighted by atomic mass is 32.1. The second-order valence-corrected chi connectivity index (χ2v) is 7.03. The molecule has 2 heterocycles. The second-order valence-electron chi connectivity index (χ2n) is 6.26. The van der Waals surface area contributed by atoms with Crippen LogP contribution in [0.5, 0.6) is 0 Å². The van der Waals surface area contributed by atoms with E-state index in [1.54, 1.807) is 0 Å². The molecule has 5 nitrogen and oxygen atoms in total. The van der Waals surface area contributed by atoms with E-state index in [-0.39, 0.29) is 11.9 Å². The Morgan fingerprint density at radius 3 is 2.92 bits per heavy atom. The van der Waals surface area contributed by atoms with Crippen molar-refractivity contribution in [3.8, 4) is 0 Å². The number of amides is 1. The monoisotopic (exact) mass is 344 g/mol. The predicted molar refractivity (Wildman–Crippen MR) is 98.6 cm³/mol. The number of hydrogen-bond acceptors (Lipinski definition) is 5. The molecule has 1 amide bonds. The summed E-state index contributed by atoms with van der Waals surface area (Å²) in [6.07, 6.45) is 2.14. The van der Waals surface area contributed by atoms with Crippen LogP contribution < -0.4 is 10.6 Å². The van der Waals surface area contributed by atoms with Crippen molar-refractivity contribution in [1.82, 2.24) is 14.6 Å². The van der Waals surface area contributed by atoms with Gasteiger partial charge in [0.25, 0.3) is 5.91 Å². The zero-order valence-corrected chi connectivity index (χ0v) is 15.0. The normalized spacial score (nSPS) is 18.3. The SMILES string of the molecule is CNc1snc(C)c1C(=O)N[C@@H]1CCCN(Cc2ccccc2)C1. The van der Waals surface area contributed by atoms with Gasteiger partial charge in [0.15, 0.2) is 0 Å². The van der Waals surface area contributed by atoms with Crippen molar-refractivity contribution in [2.24, 2.45) is 0 Å². The van der Waals surface area contributed by atoms with E-state index in [4.69, 9.17) is 0 Å². The van der Waals surface area contributed by atoms with Gasteiger partial charge in [0, 0.05) is 26.2 Å². The molecule has 3 rings (SSSR count). The largest absolute Gasteiger partial charge is 0.378 e. The number of rotatable bonds is 5. The van der Waals surface area contributed by atoms with Crippen molar-refractivity contribution >= 4 is 22.4 Å². The fourth-order valence-corrected chi connectivity index (χ4v) is 3.97. The number of aromatic nitrogens is 1. The Morgan fingerprint density at radius 1 is 1.38 bits per heavy atom. The molecule has 0 saturated carbocycles. The molecular weight excluding hydrogens is 320 g/mol. The molecule has 1 atom stereocenters. The molecular formula is C18H24N4OS. The van der Waals surface area contributed by atoms with Crippen molar-refractivity contribution in [1.29, 1.82) is 0 Å². The van der Waals surface area contributed by atoms with E-state index in [9.17, 15) is 4.79 Å². The average molecular weight is 344 g/mol. The van der Waals surface area contributed by atoms with Crippen LogP contribution in [0.4, 0.5) is 5.00 Å². The van der Waals surface area contributed by atoms with Crippen molar-refractivity contribution in [2.45, 2.75) is 32.4 Å². The summed E-state index contributed by atoms with van der Waals surface area (Å²) in [5.41, 5.74) is 2.79. The summed E-state index contributed by atoms with van der Waals surface area (Å²) in [7, 11) is 1.83. The fraction of sp³-hybridized carbons (Fsp3) is 0.444. The number of carbonyl (C=O) groups is 1. The molecule has 0 unspecified atom stereocenters. The lowest BCUT2D eigenvalue weighted by atomic mass is 10.0. The lowest BCUT2D eigenvalue weighted by Crippen LogP contribution is -2.47. The Labute approximate surface area is 147 Å². The van der Waals surface area contributed by atoms with Crippen molar-refractivity contribution < 1.29 is 4.79 Å². The highest BCUT2D eigenvalue weighted by Crippen LogP contribution is 2.24. The first-order chi connectivity index (χ1) is 11.7. The first-order valence-corrected chi connectivity index (χ1v) is 9.16. The van der Waals surface area contributed by atoms with Crippen LogP contribution in [-0.4, -0.2) is 41.4 Å². The zero-order valence-electron chi connectivity index (χ0n) is 14.2. The van der Waals surface area contributed by atoms with Gasteiger partial charge in [-0.1, -0.05) is 30.3 Å². The minimum atomic E-state index is -0.0165. The molecule has 0 radical (unpaired) electrons. The van der Waals surface area contributed by atoms with Crippen molar-refractivity contribution in [3.05, 3.63) is 47.2 Å². The fourth-order valence-electron chi connectivity index (χ4n) is 3.22. The summed E-state index contributed by atoms with van der Waals surface area (Å²) in [6.45, 7) is 4.80. The van der Waals surface area contributed by atoms with Gasteiger partial charge in [-0.2, -0.15) is 4.37 Å². The van der Waals surface area contributed by atoms with Crippen LogP contribution in [-0.2, 0) is 6.54 Å². The Bertz CT molecular complexity index is 686. The molecule has 2 aromatic rings. The summed E-state index contributed by atoms with van der Waals surface area (Å²) in [5.74, 6) is -0.0165. The van der Waals surface area contributed by atoms with Gasteiger partial charge in [0.1, 0.15) is 5.00 Å². The van der Waals surface area contributed by atoms with E-state index < -0.39 is 0 Å². The van der Waals surface area contributed by atoms with E-state index in [1.807, 2.05) is 20.0 Å². The van der Waals surface area contributed by atoms with Crippen LogP contribution in [0.15, 0.2) is 30.3 Å². The third kappa shape index (κ3) is 3.94. The minimum Gasteiger partial charge on any atom is -0.378 e. The summed E-state index contributed by atoms with van der Waals surface area (Å²) < 4.78 is 4.28. The maximum absolute atomic E-state index is 12.6. The summed E-state index contributed by atoms with van der Waals surface area (Å²) >= 11 is 1.34. The molecule has 1 aromatic carbocycles. The van der Waals surface area contributed by atoms with Crippen LogP contribution in [0.3, 0.4) is 0 Å². The van der Waals surface area contributed by atoms with E-state index in [2.05, 4.69) is 44.2 Å². The number of piperidine rings is 1. The molecule has 0 aliphatic carbocycles. The number of benzene rings is 1. The van der Waals surface area contributed by atoms with E-state index in [1.165, 1.54) is 17.1 Å². The number of carbonyl (C=O) groups excluding carboxylic acids is 1. The zero-order chi connectivity index (χ0) is 16.9. The average Bonchev–Trinajstić information content (AvgIpc) is 2.97. The highest BCUT2D eigenvalue weighted by molar-refractivity contribution is 7.10. The number of likely N-dealkylation sites (tertiary alicyclic amines) is 1. The number of anilines is 1. The third-order valence-corrected chi connectivity index (χ3v) is 5.36. The molecule has 1 fully saturated rings. The topological polar surface area (TPSA) is 57.3 Å². The molecule has 6 heteroatoms. The maximum atomic E-state index is 12.6. The molecule has 0 bridgehead atoms. The van der Waals surface area contributed by atoms with Gasteiger partial charge in [-0.15, -0.1) is 0 Å². The van der Waals surface area contributed by atoms with Gasteiger partial charge in [-0.25, -0.2) is 0 Å². The Balaban J connectivity index is 1.61. The van der Waals surface area contributed by atoms with Crippen molar-refractivity contribution in [2.75, 3.05) is 25.5 Å². The second kappa shape index (κ2) is 7.77. The number of aryl methyl sites for hydroxylation is 1.